The monoisotopic (exact) mass is 361 g/mol. The van der Waals surface area contributed by atoms with Gasteiger partial charge in [-0.1, -0.05) is 19.9 Å². The average Bonchev–Trinajstić information content (AvgIpc) is 2.60. The molecule has 6 aliphatic rings. The summed E-state index contributed by atoms with van der Waals surface area (Å²) in [5.41, 5.74) is 1.04. The Hall–Kier alpha value is -0.420. The molecule has 6 fully saturated rings. The number of nitrogens with zero attached hydrogens (tertiary/aromatic N) is 1. The second kappa shape index (κ2) is 5.56. The molecule has 0 aromatic carbocycles. The summed E-state index contributed by atoms with van der Waals surface area (Å²) >= 11 is 0. The Morgan fingerprint density at radius 3 is 2.69 bits per heavy atom. The van der Waals surface area contributed by atoms with Gasteiger partial charge in [0.2, 0.25) is 0 Å². The second-order valence-corrected chi connectivity index (χ2v) is 10.6. The van der Waals surface area contributed by atoms with E-state index in [0.29, 0.717) is 17.8 Å². The maximum absolute atomic E-state index is 11.4. The summed E-state index contributed by atoms with van der Waals surface area (Å²) in [6.07, 6.45) is 6.77. The van der Waals surface area contributed by atoms with E-state index < -0.39 is 12.2 Å². The van der Waals surface area contributed by atoms with Gasteiger partial charge < -0.3 is 15.3 Å². The first-order valence-electron chi connectivity index (χ1n) is 10.8. The predicted octanol–water partition coefficient (Wildman–Crippen LogP) is 2.19. The van der Waals surface area contributed by atoms with E-state index in [9.17, 15) is 15.3 Å². The first-order chi connectivity index (χ1) is 12.4. The standard InChI is InChI=1S/C22H35NO3/c1-14-15-4-7-22(19(14)26)17(10-15)21-6-3-5-20(2,16(21)11-18(22)25)12-23(13-21)8-9-24/h15-19,24-26H,1,3-13H2,2H3/t15?,16-,17?,18+,19?,20+,21?,22-/m1/s1. The molecular formula is C22H35NO3. The van der Waals surface area contributed by atoms with Gasteiger partial charge in [0.15, 0.2) is 0 Å². The van der Waals surface area contributed by atoms with Crippen molar-refractivity contribution in [2.75, 3.05) is 26.2 Å². The lowest BCUT2D eigenvalue weighted by molar-refractivity contribution is -0.276. The van der Waals surface area contributed by atoms with Crippen molar-refractivity contribution in [1.29, 1.82) is 0 Å². The SMILES string of the molecule is C=C1C2CC[C@@]3(C1O)C(C2)C12CCC[C@@](C)(CN(CCO)C1)[C@H]2C[C@@H]3O. The number of aliphatic hydroxyl groups excluding tert-OH is 3. The number of fused-ring (bicyclic) bond motifs is 2. The number of hydrogen-bond donors (Lipinski definition) is 3. The lowest BCUT2D eigenvalue weighted by Crippen LogP contribution is -2.74. The van der Waals surface area contributed by atoms with Crippen LogP contribution in [0.1, 0.15) is 51.9 Å². The Kier molecular flexibility index (Phi) is 3.78. The lowest BCUT2D eigenvalue weighted by Gasteiger charge is -2.73. The van der Waals surface area contributed by atoms with Gasteiger partial charge in [0, 0.05) is 25.0 Å². The van der Waals surface area contributed by atoms with Gasteiger partial charge in [-0.15, -0.1) is 0 Å². The molecule has 0 aromatic rings. The molecule has 6 rings (SSSR count). The van der Waals surface area contributed by atoms with E-state index in [1.807, 2.05) is 0 Å². The molecule has 4 heteroatoms. The maximum Gasteiger partial charge on any atom is 0.0834 e. The van der Waals surface area contributed by atoms with Gasteiger partial charge in [0.05, 0.1) is 18.8 Å². The molecule has 1 heterocycles. The molecule has 3 N–H and O–H groups in total. The number of β-amino-alcohol motifs (C(OH)–C–C–N with tert-alkyl or cyclic N) is 1. The number of hydrogen-bond acceptors (Lipinski definition) is 4. The van der Waals surface area contributed by atoms with Gasteiger partial charge in [-0.2, -0.15) is 0 Å². The zero-order valence-corrected chi connectivity index (χ0v) is 16.2. The molecular weight excluding hydrogens is 326 g/mol. The highest BCUT2D eigenvalue weighted by molar-refractivity contribution is 5.29. The lowest BCUT2D eigenvalue weighted by atomic mass is 9.34. The van der Waals surface area contributed by atoms with Gasteiger partial charge in [-0.25, -0.2) is 0 Å². The zero-order valence-electron chi connectivity index (χ0n) is 16.2. The van der Waals surface area contributed by atoms with Crippen LogP contribution in [0, 0.1) is 34.0 Å². The van der Waals surface area contributed by atoms with Crippen LogP contribution in [0.3, 0.4) is 0 Å². The third-order valence-corrected chi connectivity index (χ3v) is 9.70. The second-order valence-electron chi connectivity index (χ2n) is 10.6. The van der Waals surface area contributed by atoms with Crippen molar-refractivity contribution >= 4 is 0 Å². The minimum atomic E-state index is -0.535. The smallest absolute Gasteiger partial charge is 0.0834 e. The van der Waals surface area contributed by atoms with Gasteiger partial charge in [0.25, 0.3) is 0 Å². The van der Waals surface area contributed by atoms with Crippen LogP contribution in [0.5, 0.6) is 0 Å². The molecule has 5 aliphatic carbocycles. The van der Waals surface area contributed by atoms with Crippen molar-refractivity contribution in [2.45, 2.75) is 64.1 Å². The molecule has 8 atom stereocenters. The third kappa shape index (κ3) is 1.95. The van der Waals surface area contributed by atoms with Crippen molar-refractivity contribution in [2.24, 2.45) is 34.0 Å². The summed E-state index contributed by atoms with van der Waals surface area (Å²) in [5, 5.41) is 32.2. The molecule has 1 aliphatic heterocycles. The minimum absolute atomic E-state index is 0.194. The summed E-state index contributed by atoms with van der Waals surface area (Å²) in [5.74, 6) is 1.37. The number of piperidine rings is 1. The third-order valence-electron chi connectivity index (χ3n) is 9.70. The Morgan fingerprint density at radius 2 is 1.92 bits per heavy atom. The van der Waals surface area contributed by atoms with E-state index in [0.717, 1.165) is 50.9 Å². The predicted molar refractivity (Wildman–Crippen MR) is 100 cm³/mol. The first-order valence-corrected chi connectivity index (χ1v) is 10.8. The van der Waals surface area contributed by atoms with Crippen LogP contribution in [0.25, 0.3) is 0 Å². The van der Waals surface area contributed by atoms with Crippen LogP contribution >= 0.6 is 0 Å². The van der Waals surface area contributed by atoms with Crippen molar-refractivity contribution in [3.05, 3.63) is 12.2 Å². The summed E-state index contributed by atoms with van der Waals surface area (Å²) < 4.78 is 0. The molecule has 5 saturated carbocycles. The Balaban J connectivity index is 1.62. The molecule has 1 saturated heterocycles. The molecule has 1 spiro atoms. The molecule has 0 radical (unpaired) electrons. The molecule has 26 heavy (non-hydrogen) atoms. The average molecular weight is 362 g/mol. The highest BCUT2D eigenvalue weighted by Crippen LogP contribution is 2.73. The molecule has 4 nitrogen and oxygen atoms in total. The minimum Gasteiger partial charge on any atom is -0.395 e. The Morgan fingerprint density at radius 1 is 1.12 bits per heavy atom. The summed E-state index contributed by atoms with van der Waals surface area (Å²) in [6.45, 7) is 9.72. The van der Waals surface area contributed by atoms with Crippen molar-refractivity contribution in [3.63, 3.8) is 0 Å². The quantitative estimate of drug-likeness (QED) is 0.660. The van der Waals surface area contributed by atoms with Crippen LogP contribution in [-0.4, -0.2) is 58.7 Å². The van der Waals surface area contributed by atoms with Crippen molar-refractivity contribution < 1.29 is 15.3 Å². The van der Waals surface area contributed by atoms with E-state index in [2.05, 4.69) is 18.4 Å². The number of rotatable bonds is 2. The molecule has 146 valence electrons. The fourth-order valence-electron chi connectivity index (χ4n) is 8.82. The Bertz CT molecular complexity index is 623. The van der Waals surface area contributed by atoms with Crippen LogP contribution in [0.2, 0.25) is 0 Å². The van der Waals surface area contributed by atoms with Gasteiger partial charge in [-0.05, 0) is 72.7 Å². The zero-order chi connectivity index (χ0) is 18.3. The topological polar surface area (TPSA) is 63.9 Å². The normalized spacial score (nSPS) is 56.2. The van der Waals surface area contributed by atoms with E-state index >= 15 is 0 Å². The first kappa shape index (κ1) is 17.7. The molecule has 4 bridgehead atoms. The van der Waals surface area contributed by atoms with E-state index in [4.69, 9.17) is 0 Å². The van der Waals surface area contributed by atoms with Crippen LogP contribution in [0.15, 0.2) is 12.2 Å². The largest absolute Gasteiger partial charge is 0.395 e. The highest BCUT2D eigenvalue weighted by Gasteiger charge is 2.72. The van der Waals surface area contributed by atoms with E-state index in [1.54, 1.807) is 0 Å². The summed E-state index contributed by atoms with van der Waals surface area (Å²) in [6, 6.07) is 0. The van der Waals surface area contributed by atoms with E-state index in [-0.39, 0.29) is 22.9 Å². The van der Waals surface area contributed by atoms with Gasteiger partial charge >= 0.3 is 0 Å². The van der Waals surface area contributed by atoms with Crippen LogP contribution < -0.4 is 0 Å². The summed E-state index contributed by atoms with van der Waals surface area (Å²) in [7, 11) is 0. The van der Waals surface area contributed by atoms with Gasteiger partial charge in [-0.3, -0.25) is 4.90 Å². The van der Waals surface area contributed by atoms with Gasteiger partial charge in [0.1, 0.15) is 0 Å². The fraction of sp³-hybridized carbons (Fsp3) is 0.909. The molecule has 0 amide bonds. The van der Waals surface area contributed by atoms with Crippen molar-refractivity contribution in [3.8, 4) is 0 Å². The van der Waals surface area contributed by atoms with Crippen LogP contribution in [-0.2, 0) is 0 Å². The molecule has 4 unspecified atom stereocenters. The number of aliphatic hydroxyl groups is 3. The fourth-order valence-corrected chi connectivity index (χ4v) is 8.82. The summed E-state index contributed by atoms with van der Waals surface area (Å²) in [4.78, 5) is 2.49. The van der Waals surface area contributed by atoms with E-state index in [1.165, 1.54) is 19.3 Å². The van der Waals surface area contributed by atoms with Crippen LogP contribution in [0.4, 0.5) is 0 Å². The van der Waals surface area contributed by atoms with Crippen molar-refractivity contribution in [1.82, 2.24) is 4.90 Å². The highest BCUT2D eigenvalue weighted by atomic mass is 16.3. The molecule has 0 aromatic heterocycles. The maximum atomic E-state index is 11.4. The Labute approximate surface area is 157 Å². The number of likely N-dealkylation sites (tertiary alicyclic amines) is 1.